The summed E-state index contributed by atoms with van der Waals surface area (Å²) in [5.41, 5.74) is -0.537. The van der Waals surface area contributed by atoms with Crippen LogP contribution in [0.5, 0.6) is 0 Å². The first-order valence-corrected chi connectivity index (χ1v) is 6.86. The summed E-state index contributed by atoms with van der Waals surface area (Å²) in [6, 6.07) is -0.462. The molecule has 0 saturated heterocycles. The van der Waals surface area contributed by atoms with Crippen molar-refractivity contribution in [2.24, 2.45) is 0 Å². The Morgan fingerprint density at radius 2 is 2.00 bits per heavy atom. The Balaban J connectivity index is 3.96. The Kier molecular flexibility index (Phi) is 7.27. The first kappa shape index (κ1) is 16.3. The first-order chi connectivity index (χ1) is 7.74. The van der Waals surface area contributed by atoms with Gasteiger partial charge in [-0.25, -0.2) is 4.79 Å². The topological polar surface area (TPSA) is 55.4 Å². The van der Waals surface area contributed by atoms with Gasteiger partial charge in [0.1, 0.15) is 11.9 Å². The molecule has 4 nitrogen and oxygen atoms in total. The minimum absolute atomic E-state index is 0.462. The molecule has 17 heavy (non-hydrogen) atoms. The molecule has 0 aliphatic carbocycles. The number of ether oxygens (including phenoxy) is 1. The van der Waals surface area contributed by atoms with Crippen molar-refractivity contribution in [2.45, 2.75) is 57.9 Å². The van der Waals surface area contributed by atoms with Gasteiger partial charge in [0.15, 0.2) is 0 Å². The molecule has 100 valence electrons. The fourth-order valence-corrected chi connectivity index (χ4v) is 1.93. The van der Waals surface area contributed by atoms with Gasteiger partial charge in [-0.1, -0.05) is 13.8 Å². The summed E-state index contributed by atoms with van der Waals surface area (Å²) >= 11 is 1.76. The van der Waals surface area contributed by atoms with Crippen LogP contribution in [-0.2, 0) is 9.53 Å². The van der Waals surface area contributed by atoms with Crippen LogP contribution < -0.4 is 5.32 Å². The van der Waals surface area contributed by atoms with Crippen LogP contribution in [-0.4, -0.2) is 35.0 Å². The molecule has 1 N–H and O–H groups in total. The van der Waals surface area contributed by atoms with Crippen LogP contribution in [0.15, 0.2) is 0 Å². The minimum Gasteiger partial charge on any atom is -0.444 e. The number of carbonyl (C=O) groups is 2. The molecule has 1 unspecified atom stereocenters. The van der Waals surface area contributed by atoms with Crippen molar-refractivity contribution in [3.05, 3.63) is 0 Å². The van der Waals surface area contributed by atoms with E-state index in [1.54, 1.807) is 32.5 Å². The van der Waals surface area contributed by atoms with E-state index in [1.807, 2.05) is 0 Å². The lowest BCUT2D eigenvalue weighted by molar-refractivity contribution is -0.109. The van der Waals surface area contributed by atoms with Crippen molar-refractivity contribution >= 4 is 24.1 Å². The predicted octanol–water partition coefficient (Wildman–Crippen LogP) is 2.61. The highest BCUT2D eigenvalue weighted by molar-refractivity contribution is 7.99. The molecular formula is C12H23NO3S. The average Bonchev–Trinajstić information content (AvgIpc) is 2.12. The smallest absolute Gasteiger partial charge is 0.408 e. The SMILES string of the molecule is CC(C)SCCC(C=O)NC(=O)OC(C)(C)C. The summed E-state index contributed by atoms with van der Waals surface area (Å²) in [5, 5.41) is 3.09. The largest absolute Gasteiger partial charge is 0.444 e. The summed E-state index contributed by atoms with van der Waals surface area (Å²) < 4.78 is 5.08. The lowest BCUT2D eigenvalue weighted by Gasteiger charge is -2.21. The van der Waals surface area contributed by atoms with Crippen molar-refractivity contribution in [3.8, 4) is 0 Å². The molecule has 0 heterocycles. The number of thioether (sulfide) groups is 1. The Bertz CT molecular complexity index is 249. The fraction of sp³-hybridized carbons (Fsp3) is 0.833. The zero-order chi connectivity index (χ0) is 13.5. The molecule has 5 heteroatoms. The summed E-state index contributed by atoms with van der Waals surface area (Å²) in [6.07, 6.45) is 0.847. The molecule has 0 aliphatic rings. The zero-order valence-corrected chi connectivity index (χ0v) is 12.1. The van der Waals surface area contributed by atoms with Crippen molar-refractivity contribution in [1.29, 1.82) is 0 Å². The van der Waals surface area contributed by atoms with Gasteiger partial charge in [0.05, 0.1) is 6.04 Å². The van der Waals surface area contributed by atoms with Gasteiger partial charge >= 0.3 is 6.09 Å². The number of carbonyl (C=O) groups excluding carboxylic acids is 2. The van der Waals surface area contributed by atoms with E-state index < -0.39 is 17.7 Å². The summed E-state index contributed by atoms with van der Waals surface area (Å²) in [4.78, 5) is 22.2. The molecule has 0 bridgehead atoms. The molecule has 1 atom stereocenters. The molecular weight excluding hydrogens is 238 g/mol. The second-order valence-corrected chi connectivity index (χ2v) is 6.78. The second kappa shape index (κ2) is 7.58. The van der Waals surface area contributed by atoms with Gasteiger partial charge in [0.25, 0.3) is 0 Å². The van der Waals surface area contributed by atoms with E-state index in [2.05, 4.69) is 19.2 Å². The first-order valence-electron chi connectivity index (χ1n) is 5.81. The molecule has 0 radical (unpaired) electrons. The summed E-state index contributed by atoms with van der Waals surface area (Å²) in [5.74, 6) is 0.844. The van der Waals surface area contributed by atoms with Gasteiger partial charge < -0.3 is 14.8 Å². The lowest BCUT2D eigenvalue weighted by Crippen LogP contribution is -2.40. The molecule has 0 rings (SSSR count). The predicted molar refractivity (Wildman–Crippen MR) is 71.4 cm³/mol. The summed E-state index contributed by atoms with van der Waals surface area (Å²) in [7, 11) is 0. The number of aldehydes is 1. The van der Waals surface area contributed by atoms with Crippen LogP contribution >= 0.6 is 11.8 Å². The monoisotopic (exact) mass is 261 g/mol. The Morgan fingerprint density at radius 3 is 2.41 bits per heavy atom. The average molecular weight is 261 g/mol. The maximum absolute atomic E-state index is 11.4. The van der Waals surface area contributed by atoms with Gasteiger partial charge in [-0.05, 0) is 38.2 Å². The van der Waals surface area contributed by atoms with Crippen molar-refractivity contribution in [2.75, 3.05) is 5.75 Å². The molecule has 0 aliphatic heterocycles. The summed E-state index contributed by atoms with van der Waals surface area (Å²) in [6.45, 7) is 9.56. The molecule has 0 aromatic carbocycles. The van der Waals surface area contributed by atoms with E-state index in [-0.39, 0.29) is 0 Å². The highest BCUT2D eigenvalue weighted by Crippen LogP contribution is 2.12. The van der Waals surface area contributed by atoms with Crippen LogP contribution in [0, 0.1) is 0 Å². The number of rotatable bonds is 6. The van der Waals surface area contributed by atoms with Crippen molar-refractivity contribution in [3.63, 3.8) is 0 Å². The van der Waals surface area contributed by atoms with Gasteiger partial charge in [-0.2, -0.15) is 11.8 Å². The van der Waals surface area contributed by atoms with Crippen LogP contribution in [0.1, 0.15) is 41.0 Å². The van der Waals surface area contributed by atoms with Gasteiger partial charge in [0.2, 0.25) is 0 Å². The lowest BCUT2D eigenvalue weighted by atomic mass is 10.2. The fourth-order valence-electron chi connectivity index (χ4n) is 1.06. The van der Waals surface area contributed by atoms with Crippen molar-refractivity contribution in [1.82, 2.24) is 5.32 Å². The van der Waals surface area contributed by atoms with Crippen molar-refractivity contribution < 1.29 is 14.3 Å². The maximum Gasteiger partial charge on any atom is 0.408 e. The van der Waals surface area contributed by atoms with E-state index >= 15 is 0 Å². The van der Waals surface area contributed by atoms with Crippen LogP contribution in [0.25, 0.3) is 0 Å². The standard InChI is InChI=1S/C12H23NO3S/c1-9(2)17-7-6-10(8-14)13-11(15)16-12(3,4)5/h8-10H,6-7H2,1-5H3,(H,13,15). The Morgan fingerprint density at radius 1 is 1.41 bits per heavy atom. The molecule has 0 aromatic rings. The van der Waals surface area contributed by atoms with Gasteiger partial charge in [-0.3, -0.25) is 0 Å². The highest BCUT2D eigenvalue weighted by atomic mass is 32.2. The van der Waals surface area contributed by atoms with Crippen LogP contribution in [0.3, 0.4) is 0 Å². The Hall–Kier alpha value is -0.710. The number of amides is 1. The third kappa shape index (κ3) is 10.2. The molecule has 0 fully saturated rings. The molecule has 0 spiro atoms. The van der Waals surface area contributed by atoms with Gasteiger partial charge in [-0.15, -0.1) is 0 Å². The molecule has 0 aromatic heterocycles. The molecule has 1 amide bonds. The second-order valence-electron chi connectivity index (χ2n) is 5.10. The number of hydrogen-bond acceptors (Lipinski definition) is 4. The van der Waals surface area contributed by atoms with E-state index in [1.165, 1.54) is 0 Å². The quantitative estimate of drug-likeness (QED) is 0.747. The number of alkyl carbamates (subject to hydrolysis) is 1. The third-order valence-electron chi connectivity index (χ3n) is 1.75. The van der Waals surface area contributed by atoms with Crippen LogP contribution in [0.2, 0.25) is 0 Å². The minimum atomic E-state index is -0.538. The van der Waals surface area contributed by atoms with E-state index in [0.29, 0.717) is 11.7 Å². The van der Waals surface area contributed by atoms with E-state index in [4.69, 9.17) is 4.74 Å². The molecule has 0 saturated carbocycles. The van der Waals surface area contributed by atoms with Gasteiger partial charge in [0, 0.05) is 0 Å². The highest BCUT2D eigenvalue weighted by Gasteiger charge is 2.18. The maximum atomic E-state index is 11.4. The number of hydrogen-bond donors (Lipinski definition) is 1. The normalized spacial score (nSPS) is 13.3. The number of nitrogens with one attached hydrogen (secondary N) is 1. The van der Waals surface area contributed by atoms with E-state index in [0.717, 1.165) is 12.0 Å². The Labute approximate surface area is 108 Å². The van der Waals surface area contributed by atoms with Crippen LogP contribution in [0.4, 0.5) is 4.79 Å². The third-order valence-corrected chi connectivity index (χ3v) is 2.88. The van der Waals surface area contributed by atoms with E-state index in [9.17, 15) is 9.59 Å². The zero-order valence-electron chi connectivity index (χ0n) is 11.3.